The van der Waals surface area contributed by atoms with E-state index in [1.807, 2.05) is 62.4 Å². The standard InChI is InChI=1S/C21H28N2O3/c1-16-4-10-20(11-5-16)26-15-14-22-21(24)23-17(2)6-7-18-8-12-19(25-3)13-9-18/h4-5,8-13,17H,6-7,14-15H2,1-3H3,(H2,22,23,24). The molecule has 0 radical (unpaired) electrons. The quantitative estimate of drug-likeness (QED) is 0.674. The van der Waals surface area contributed by atoms with Crippen LogP contribution in [0.1, 0.15) is 24.5 Å². The number of benzene rings is 2. The van der Waals surface area contributed by atoms with Crippen LogP contribution in [0.25, 0.3) is 0 Å². The van der Waals surface area contributed by atoms with Crippen molar-refractivity contribution in [1.82, 2.24) is 10.6 Å². The van der Waals surface area contributed by atoms with Gasteiger partial charge in [-0.2, -0.15) is 0 Å². The van der Waals surface area contributed by atoms with E-state index in [-0.39, 0.29) is 12.1 Å². The summed E-state index contributed by atoms with van der Waals surface area (Å²) in [7, 11) is 1.66. The molecule has 0 aromatic heterocycles. The van der Waals surface area contributed by atoms with Crippen LogP contribution in [0, 0.1) is 6.92 Å². The fourth-order valence-electron chi connectivity index (χ4n) is 2.49. The van der Waals surface area contributed by atoms with Gasteiger partial charge in [-0.05, 0) is 56.5 Å². The summed E-state index contributed by atoms with van der Waals surface area (Å²) in [5.41, 5.74) is 2.42. The number of carbonyl (C=O) groups is 1. The lowest BCUT2D eigenvalue weighted by Crippen LogP contribution is -2.42. The maximum atomic E-state index is 11.9. The summed E-state index contributed by atoms with van der Waals surface area (Å²) in [4.78, 5) is 11.9. The smallest absolute Gasteiger partial charge is 0.315 e. The van der Waals surface area contributed by atoms with E-state index in [4.69, 9.17) is 9.47 Å². The minimum Gasteiger partial charge on any atom is -0.497 e. The summed E-state index contributed by atoms with van der Waals surface area (Å²) in [5, 5.41) is 5.77. The Balaban J connectivity index is 1.59. The van der Waals surface area contributed by atoms with Gasteiger partial charge in [0.2, 0.25) is 0 Å². The van der Waals surface area contributed by atoms with Gasteiger partial charge >= 0.3 is 6.03 Å². The molecular weight excluding hydrogens is 328 g/mol. The summed E-state index contributed by atoms with van der Waals surface area (Å²) >= 11 is 0. The Kier molecular flexibility index (Phi) is 7.80. The molecule has 1 unspecified atom stereocenters. The van der Waals surface area contributed by atoms with Crippen LogP contribution in [0.15, 0.2) is 48.5 Å². The fourth-order valence-corrected chi connectivity index (χ4v) is 2.49. The van der Waals surface area contributed by atoms with Gasteiger partial charge < -0.3 is 20.1 Å². The van der Waals surface area contributed by atoms with Crippen LogP contribution >= 0.6 is 0 Å². The van der Waals surface area contributed by atoms with Crippen LogP contribution < -0.4 is 20.1 Å². The summed E-state index contributed by atoms with van der Waals surface area (Å²) in [6, 6.07) is 15.8. The van der Waals surface area contributed by atoms with Crippen molar-refractivity contribution in [2.24, 2.45) is 0 Å². The normalized spacial score (nSPS) is 11.5. The number of ether oxygens (including phenoxy) is 2. The lowest BCUT2D eigenvalue weighted by molar-refractivity contribution is 0.233. The Morgan fingerprint density at radius 1 is 1.04 bits per heavy atom. The number of rotatable bonds is 9. The summed E-state index contributed by atoms with van der Waals surface area (Å²) in [5.74, 6) is 1.66. The molecule has 26 heavy (non-hydrogen) atoms. The van der Waals surface area contributed by atoms with Gasteiger partial charge in [0.25, 0.3) is 0 Å². The van der Waals surface area contributed by atoms with Crippen molar-refractivity contribution in [2.45, 2.75) is 32.7 Å². The van der Waals surface area contributed by atoms with Gasteiger partial charge in [-0.15, -0.1) is 0 Å². The topological polar surface area (TPSA) is 59.6 Å². The van der Waals surface area contributed by atoms with Crippen molar-refractivity contribution in [1.29, 1.82) is 0 Å². The second-order valence-electron chi connectivity index (χ2n) is 6.35. The lowest BCUT2D eigenvalue weighted by atomic mass is 10.1. The molecule has 2 aromatic carbocycles. The fraction of sp³-hybridized carbons (Fsp3) is 0.381. The largest absolute Gasteiger partial charge is 0.497 e. The van der Waals surface area contributed by atoms with Crippen molar-refractivity contribution in [3.05, 3.63) is 59.7 Å². The molecule has 0 spiro atoms. The first-order valence-corrected chi connectivity index (χ1v) is 8.93. The molecule has 0 bridgehead atoms. The number of urea groups is 1. The Labute approximate surface area is 155 Å². The average Bonchev–Trinajstić information content (AvgIpc) is 2.65. The van der Waals surface area contributed by atoms with Crippen molar-refractivity contribution in [2.75, 3.05) is 20.3 Å². The molecule has 5 heteroatoms. The molecule has 2 amide bonds. The van der Waals surface area contributed by atoms with E-state index in [0.717, 1.165) is 24.3 Å². The maximum Gasteiger partial charge on any atom is 0.315 e. The van der Waals surface area contributed by atoms with Gasteiger partial charge in [0.1, 0.15) is 18.1 Å². The number of carbonyl (C=O) groups excluding carboxylic acids is 1. The third-order valence-corrected chi connectivity index (χ3v) is 4.08. The summed E-state index contributed by atoms with van der Waals surface area (Å²) < 4.78 is 10.7. The van der Waals surface area contributed by atoms with Gasteiger partial charge in [-0.25, -0.2) is 4.79 Å². The minimum atomic E-state index is -0.167. The van der Waals surface area contributed by atoms with Gasteiger partial charge in [0.05, 0.1) is 13.7 Å². The van der Waals surface area contributed by atoms with Crippen LogP contribution in [-0.4, -0.2) is 32.3 Å². The molecular formula is C21H28N2O3. The van der Waals surface area contributed by atoms with Gasteiger partial charge in [0, 0.05) is 6.04 Å². The van der Waals surface area contributed by atoms with Crippen molar-refractivity contribution in [3.63, 3.8) is 0 Å². The molecule has 2 N–H and O–H groups in total. The van der Waals surface area contributed by atoms with E-state index in [1.54, 1.807) is 7.11 Å². The van der Waals surface area contributed by atoms with Crippen molar-refractivity contribution in [3.8, 4) is 11.5 Å². The molecule has 0 heterocycles. The number of amides is 2. The van der Waals surface area contributed by atoms with Crippen LogP contribution in [-0.2, 0) is 6.42 Å². The Morgan fingerprint density at radius 3 is 2.35 bits per heavy atom. The predicted octanol–water partition coefficient (Wildman–Crippen LogP) is 3.70. The Hall–Kier alpha value is -2.69. The van der Waals surface area contributed by atoms with E-state index in [2.05, 4.69) is 10.6 Å². The highest BCUT2D eigenvalue weighted by molar-refractivity contribution is 5.74. The number of hydrogen-bond donors (Lipinski definition) is 2. The zero-order valence-corrected chi connectivity index (χ0v) is 15.7. The van der Waals surface area contributed by atoms with E-state index in [1.165, 1.54) is 11.1 Å². The van der Waals surface area contributed by atoms with E-state index in [9.17, 15) is 4.79 Å². The first-order valence-electron chi connectivity index (χ1n) is 8.93. The van der Waals surface area contributed by atoms with E-state index >= 15 is 0 Å². The zero-order chi connectivity index (χ0) is 18.8. The highest BCUT2D eigenvalue weighted by Gasteiger charge is 2.07. The predicted molar refractivity (Wildman–Crippen MR) is 104 cm³/mol. The van der Waals surface area contributed by atoms with Crippen LogP contribution in [0.2, 0.25) is 0 Å². The molecule has 140 valence electrons. The monoisotopic (exact) mass is 356 g/mol. The van der Waals surface area contributed by atoms with Gasteiger partial charge in [-0.1, -0.05) is 29.8 Å². The molecule has 0 aliphatic rings. The molecule has 5 nitrogen and oxygen atoms in total. The second kappa shape index (κ2) is 10.3. The third kappa shape index (κ3) is 7.05. The van der Waals surface area contributed by atoms with Crippen LogP contribution in [0.5, 0.6) is 11.5 Å². The first kappa shape index (κ1) is 19.6. The highest BCUT2D eigenvalue weighted by Crippen LogP contribution is 2.13. The second-order valence-corrected chi connectivity index (χ2v) is 6.35. The number of methoxy groups -OCH3 is 1. The molecule has 0 fully saturated rings. The van der Waals surface area contributed by atoms with Crippen LogP contribution in [0.3, 0.4) is 0 Å². The molecule has 1 atom stereocenters. The molecule has 0 aliphatic carbocycles. The number of nitrogens with one attached hydrogen (secondary N) is 2. The maximum absolute atomic E-state index is 11.9. The van der Waals surface area contributed by atoms with Gasteiger partial charge in [-0.3, -0.25) is 0 Å². The number of hydrogen-bond acceptors (Lipinski definition) is 3. The lowest BCUT2D eigenvalue weighted by Gasteiger charge is -2.15. The summed E-state index contributed by atoms with van der Waals surface area (Å²) in [6.45, 7) is 4.94. The Bertz CT molecular complexity index is 669. The Morgan fingerprint density at radius 2 is 1.69 bits per heavy atom. The number of aryl methyl sites for hydroxylation is 2. The molecule has 2 rings (SSSR count). The van der Waals surface area contributed by atoms with E-state index < -0.39 is 0 Å². The summed E-state index contributed by atoms with van der Waals surface area (Å²) in [6.07, 6.45) is 1.78. The molecule has 2 aromatic rings. The molecule has 0 saturated heterocycles. The minimum absolute atomic E-state index is 0.0927. The van der Waals surface area contributed by atoms with Crippen LogP contribution in [0.4, 0.5) is 4.79 Å². The van der Waals surface area contributed by atoms with E-state index in [0.29, 0.717) is 13.2 Å². The zero-order valence-electron chi connectivity index (χ0n) is 15.7. The van der Waals surface area contributed by atoms with Crippen molar-refractivity contribution < 1.29 is 14.3 Å². The first-order chi connectivity index (χ1) is 12.6. The van der Waals surface area contributed by atoms with Crippen molar-refractivity contribution >= 4 is 6.03 Å². The molecule has 0 aliphatic heterocycles. The molecule has 0 saturated carbocycles. The SMILES string of the molecule is COc1ccc(CCC(C)NC(=O)NCCOc2ccc(C)cc2)cc1. The average molecular weight is 356 g/mol. The highest BCUT2D eigenvalue weighted by atomic mass is 16.5. The van der Waals surface area contributed by atoms with Gasteiger partial charge in [0.15, 0.2) is 0 Å². The third-order valence-electron chi connectivity index (χ3n) is 4.08.